The highest BCUT2D eigenvalue weighted by atomic mass is 14.8. The molecule has 0 aliphatic heterocycles. The number of rotatable bonds is 1. The molecule has 16 heavy (non-hydrogen) atoms. The molecular formula is C15H15N. The molecule has 0 amide bonds. The Kier molecular flexibility index (Phi) is 1.46. The molecule has 2 aliphatic rings. The molecule has 0 saturated heterocycles. The van der Waals surface area contributed by atoms with Crippen molar-refractivity contribution in [1.29, 1.82) is 0 Å². The SMILES string of the molecule is NC1(c2ccc3c4c(cccc24)CC3)CC1. The van der Waals surface area contributed by atoms with Crippen molar-refractivity contribution in [2.45, 2.75) is 31.2 Å². The van der Waals surface area contributed by atoms with Gasteiger partial charge in [-0.3, -0.25) is 0 Å². The topological polar surface area (TPSA) is 26.0 Å². The van der Waals surface area contributed by atoms with E-state index in [-0.39, 0.29) is 5.54 Å². The fourth-order valence-corrected chi connectivity index (χ4v) is 3.09. The van der Waals surface area contributed by atoms with Crippen LogP contribution in [0.3, 0.4) is 0 Å². The first kappa shape index (κ1) is 8.77. The first-order chi connectivity index (χ1) is 7.78. The molecule has 0 bridgehead atoms. The molecule has 0 spiro atoms. The predicted molar refractivity (Wildman–Crippen MR) is 66.5 cm³/mol. The Bertz CT molecular complexity index is 583. The number of benzene rings is 2. The third-order valence-corrected chi connectivity index (χ3v) is 4.20. The minimum Gasteiger partial charge on any atom is -0.321 e. The summed E-state index contributed by atoms with van der Waals surface area (Å²) in [6, 6.07) is 11.2. The first-order valence-corrected chi connectivity index (χ1v) is 6.11. The Labute approximate surface area is 95.3 Å². The van der Waals surface area contributed by atoms with E-state index >= 15 is 0 Å². The summed E-state index contributed by atoms with van der Waals surface area (Å²) >= 11 is 0. The van der Waals surface area contributed by atoms with E-state index in [1.165, 1.54) is 40.3 Å². The van der Waals surface area contributed by atoms with E-state index in [4.69, 9.17) is 5.73 Å². The molecule has 1 fully saturated rings. The van der Waals surface area contributed by atoms with Gasteiger partial charge >= 0.3 is 0 Å². The van der Waals surface area contributed by atoms with Gasteiger partial charge in [-0.05, 0) is 53.1 Å². The average molecular weight is 209 g/mol. The van der Waals surface area contributed by atoms with E-state index in [1.54, 1.807) is 0 Å². The van der Waals surface area contributed by atoms with Crippen LogP contribution in [0, 0.1) is 0 Å². The van der Waals surface area contributed by atoms with E-state index in [0.717, 1.165) is 12.8 Å². The quantitative estimate of drug-likeness (QED) is 0.768. The van der Waals surface area contributed by atoms with Crippen LogP contribution in [0.2, 0.25) is 0 Å². The maximum atomic E-state index is 6.35. The zero-order chi connectivity index (χ0) is 10.8. The molecule has 1 heteroatoms. The summed E-state index contributed by atoms with van der Waals surface area (Å²) < 4.78 is 0. The minimum atomic E-state index is -0.0141. The number of hydrogen-bond donors (Lipinski definition) is 1. The van der Waals surface area contributed by atoms with Crippen LogP contribution in [-0.4, -0.2) is 0 Å². The van der Waals surface area contributed by atoms with Crippen molar-refractivity contribution in [3.05, 3.63) is 47.0 Å². The largest absolute Gasteiger partial charge is 0.321 e. The van der Waals surface area contributed by atoms with Crippen molar-refractivity contribution < 1.29 is 0 Å². The van der Waals surface area contributed by atoms with E-state index in [2.05, 4.69) is 30.3 Å². The second-order valence-electron chi connectivity index (χ2n) is 5.27. The predicted octanol–water partition coefficient (Wildman–Crippen LogP) is 2.89. The van der Waals surface area contributed by atoms with Crippen molar-refractivity contribution in [3.8, 4) is 0 Å². The molecule has 4 rings (SSSR count). The van der Waals surface area contributed by atoms with E-state index in [9.17, 15) is 0 Å². The van der Waals surface area contributed by atoms with Gasteiger partial charge in [0.1, 0.15) is 0 Å². The van der Waals surface area contributed by atoms with Crippen LogP contribution in [0.1, 0.15) is 29.5 Å². The van der Waals surface area contributed by atoms with Gasteiger partial charge in [0, 0.05) is 5.54 Å². The van der Waals surface area contributed by atoms with Crippen molar-refractivity contribution >= 4 is 10.8 Å². The van der Waals surface area contributed by atoms with Crippen LogP contribution in [0.4, 0.5) is 0 Å². The Morgan fingerprint density at radius 2 is 1.69 bits per heavy atom. The Morgan fingerprint density at radius 1 is 0.938 bits per heavy atom. The summed E-state index contributed by atoms with van der Waals surface area (Å²) in [4.78, 5) is 0. The lowest BCUT2D eigenvalue weighted by atomic mass is 9.95. The highest BCUT2D eigenvalue weighted by Crippen LogP contribution is 2.47. The van der Waals surface area contributed by atoms with Gasteiger partial charge in [0.05, 0.1) is 0 Å². The fourth-order valence-electron chi connectivity index (χ4n) is 3.09. The summed E-state index contributed by atoms with van der Waals surface area (Å²) in [6.07, 6.45) is 4.69. The highest BCUT2D eigenvalue weighted by Gasteiger charge is 2.41. The van der Waals surface area contributed by atoms with Crippen molar-refractivity contribution in [1.82, 2.24) is 0 Å². The monoisotopic (exact) mass is 209 g/mol. The first-order valence-electron chi connectivity index (χ1n) is 6.11. The lowest BCUT2D eigenvalue weighted by Gasteiger charge is -2.14. The number of aryl methyl sites for hydroxylation is 2. The van der Waals surface area contributed by atoms with E-state index < -0.39 is 0 Å². The second kappa shape index (κ2) is 2.67. The summed E-state index contributed by atoms with van der Waals surface area (Å²) in [5.41, 5.74) is 10.7. The van der Waals surface area contributed by atoms with Crippen molar-refractivity contribution in [3.63, 3.8) is 0 Å². The maximum absolute atomic E-state index is 6.35. The summed E-state index contributed by atoms with van der Waals surface area (Å²) in [6.45, 7) is 0. The molecule has 2 aliphatic carbocycles. The fraction of sp³-hybridized carbons (Fsp3) is 0.333. The number of hydrogen-bond acceptors (Lipinski definition) is 1. The molecule has 2 aromatic carbocycles. The zero-order valence-electron chi connectivity index (χ0n) is 9.29. The molecule has 2 N–H and O–H groups in total. The average Bonchev–Trinajstić information content (AvgIpc) is 2.90. The molecular weight excluding hydrogens is 194 g/mol. The van der Waals surface area contributed by atoms with Crippen LogP contribution >= 0.6 is 0 Å². The van der Waals surface area contributed by atoms with Gasteiger partial charge < -0.3 is 5.73 Å². The van der Waals surface area contributed by atoms with Gasteiger partial charge in [0.25, 0.3) is 0 Å². The molecule has 80 valence electrons. The van der Waals surface area contributed by atoms with Gasteiger partial charge in [0.15, 0.2) is 0 Å². The minimum absolute atomic E-state index is 0.0141. The van der Waals surface area contributed by atoms with Gasteiger partial charge in [-0.15, -0.1) is 0 Å². The Hall–Kier alpha value is -1.34. The number of nitrogens with two attached hydrogens (primary N) is 1. The van der Waals surface area contributed by atoms with Crippen LogP contribution in [-0.2, 0) is 18.4 Å². The van der Waals surface area contributed by atoms with Crippen molar-refractivity contribution in [2.24, 2.45) is 5.73 Å². The molecule has 2 aromatic rings. The van der Waals surface area contributed by atoms with Crippen LogP contribution < -0.4 is 5.73 Å². The van der Waals surface area contributed by atoms with Gasteiger partial charge in [-0.2, -0.15) is 0 Å². The standard InChI is InChI=1S/C15H15N/c16-15(8-9-15)13-7-6-11-5-4-10-2-1-3-12(13)14(10)11/h1-3,6-7H,4-5,8-9,16H2. The lowest BCUT2D eigenvalue weighted by Crippen LogP contribution is -2.19. The molecule has 0 radical (unpaired) electrons. The van der Waals surface area contributed by atoms with Gasteiger partial charge in [-0.1, -0.05) is 30.3 Å². The molecule has 1 nitrogen and oxygen atoms in total. The maximum Gasteiger partial charge on any atom is 0.0417 e. The summed E-state index contributed by atoms with van der Waals surface area (Å²) in [5.74, 6) is 0. The summed E-state index contributed by atoms with van der Waals surface area (Å²) in [5, 5.41) is 2.91. The van der Waals surface area contributed by atoms with E-state index in [0.29, 0.717) is 0 Å². The Balaban J connectivity index is 2.13. The van der Waals surface area contributed by atoms with Crippen LogP contribution in [0.15, 0.2) is 30.3 Å². The molecule has 0 atom stereocenters. The summed E-state index contributed by atoms with van der Waals surface area (Å²) in [7, 11) is 0. The van der Waals surface area contributed by atoms with Crippen LogP contribution in [0.25, 0.3) is 10.8 Å². The second-order valence-corrected chi connectivity index (χ2v) is 5.27. The lowest BCUT2D eigenvalue weighted by molar-refractivity contribution is 0.748. The van der Waals surface area contributed by atoms with Crippen LogP contribution in [0.5, 0.6) is 0 Å². The molecule has 1 saturated carbocycles. The smallest absolute Gasteiger partial charge is 0.0417 e. The van der Waals surface area contributed by atoms with E-state index in [1.807, 2.05) is 0 Å². The molecule has 0 aromatic heterocycles. The molecule has 0 heterocycles. The Morgan fingerprint density at radius 3 is 2.44 bits per heavy atom. The zero-order valence-corrected chi connectivity index (χ0v) is 9.29. The third kappa shape index (κ3) is 0.992. The van der Waals surface area contributed by atoms with Gasteiger partial charge in [0.2, 0.25) is 0 Å². The highest BCUT2D eigenvalue weighted by molar-refractivity contribution is 5.94. The van der Waals surface area contributed by atoms with Crippen molar-refractivity contribution in [2.75, 3.05) is 0 Å². The molecule has 0 unspecified atom stereocenters. The van der Waals surface area contributed by atoms with Gasteiger partial charge in [-0.25, -0.2) is 0 Å². The normalized spacial score (nSPS) is 20.3. The third-order valence-electron chi connectivity index (χ3n) is 4.20.